The molecule has 1 aromatic rings. The highest BCUT2D eigenvalue weighted by molar-refractivity contribution is 5.94. The third-order valence-electron chi connectivity index (χ3n) is 2.27. The Morgan fingerprint density at radius 3 is 2.75 bits per heavy atom. The quantitative estimate of drug-likeness (QED) is 0.809. The van der Waals surface area contributed by atoms with E-state index in [0.29, 0.717) is 12.5 Å². The van der Waals surface area contributed by atoms with Crippen molar-refractivity contribution < 1.29 is 14.3 Å². The van der Waals surface area contributed by atoms with Crippen molar-refractivity contribution in [3.63, 3.8) is 0 Å². The zero-order chi connectivity index (χ0) is 12.1. The van der Waals surface area contributed by atoms with Crippen molar-refractivity contribution in [1.29, 1.82) is 0 Å². The number of halogens is 1. The van der Waals surface area contributed by atoms with Crippen LogP contribution in [0.15, 0.2) is 18.2 Å². The Hall–Kier alpha value is -1.58. The highest BCUT2D eigenvalue weighted by Crippen LogP contribution is 2.20. The molecule has 0 aliphatic carbocycles. The predicted octanol–water partition coefficient (Wildman–Crippen LogP) is 2.98. The molecule has 88 valence electrons. The molecule has 0 unspecified atom stereocenters. The standard InChI is InChI=1S/C12H16FNO2/c1-8(2)6-7-14-11-9(12(15)16)4-3-5-10(11)13/h3-5,8,14H,6-7H2,1-2H3,(H,15,16). The lowest BCUT2D eigenvalue weighted by atomic mass is 10.1. The highest BCUT2D eigenvalue weighted by atomic mass is 19.1. The van der Waals surface area contributed by atoms with Gasteiger partial charge in [-0.2, -0.15) is 0 Å². The molecule has 0 saturated heterocycles. The van der Waals surface area contributed by atoms with Gasteiger partial charge in [0.1, 0.15) is 5.82 Å². The Morgan fingerprint density at radius 1 is 1.50 bits per heavy atom. The molecular weight excluding hydrogens is 209 g/mol. The third-order valence-corrected chi connectivity index (χ3v) is 2.27. The van der Waals surface area contributed by atoms with Crippen LogP contribution in [0.2, 0.25) is 0 Å². The number of hydrogen-bond donors (Lipinski definition) is 2. The van der Waals surface area contributed by atoms with E-state index in [1.807, 2.05) is 0 Å². The van der Waals surface area contributed by atoms with Crippen LogP contribution in [0, 0.1) is 11.7 Å². The van der Waals surface area contributed by atoms with Crippen molar-refractivity contribution in [2.75, 3.05) is 11.9 Å². The monoisotopic (exact) mass is 225 g/mol. The number of rotatable bonds is 5. The summed E-state index contributed by atoms with van der Waals surface area (Å²) in [6.45, 7) is 4.68. The molecule has 4 heteroatoms. The highest BCUT2D eigenvalue weighted by Gasteiger charge is 2.13. The summed E-state index contributed by atoms with van der Waals surface area (Å²) in [7, 11) is 0. The molecule has 16 heavy (non-hydrogen) atoms. The maximum Gasteiger partial charge on any atom is 0.337 e. The fourth-order valence-corrected chi connectivity index (χ4v) is 1.37. The lowest BCUT2D eigenvalue weighted by Crippen LogP contribution is -2.11. The second-order valence-corrected chi connectivity index (χ2v) is 4.08. The zero-order valence-corrected chi connectivity index (χ0v) is 9.46. The fraction of sp³-hybridized carbons (Fsp3) is 0.417. The van der Waals surface area contributed by atoms with Crippen molar-refractivity contribution in [3.8, 4) is 0 Å². The Labute approximate surface area is 94.3 Å². The van der Waals surface area contributed by atoms with Gasteiger partial charge in [-0.15, -0.1) is 0 Å². The summed E-state index contributed by atoms with van der Waals surface area (Å²) in [5, 5.41) is 11.7. The van der Waals surface area contributed by atoms with E-state index in [0.717, 1.165) is 6.42 Å². The number of carboxylic acids is 1. The molecule has 0 heterocycles. The van der Waals surface area contributed by atoms with E-state index in [9.17, 15) is 9.18 Å². The fourth-order valence-electron chi connectivity index (χ4n) is 1.37. The van der Waals surface area contributed by atoms with Gasteiger partial charge in [-0.1, -0.05) is 19.9 Å². The van der Waals surface area contributed by atoms with Gasteiger partial charge in [-0.05, 0) is 24.5 Å². The second kappa shape index (κ2) is 5.49. The van der Waals surface area contributed by atoms with E-state index >= 15 is 0 Å². The minimum Gasteiger partial charge on any atom is -0.478 e. The van der Waals surface area contributed by atoms with Gasteiger partial charge < -0.3 is 10.4 Å². The number of anilines is 1. The summed E-state index contributed by atoms with van der Waals surface area (Å²) in [6.07, 6.45) is 0.868. The summed E-state index contributed by atoms with van der Waals surface area (Å²) in [5.74, 6) is -1.15. The van der Waals surface area contributed by atoms with Crippen LogP contribution in [-0.2, 0) is 0 Å². The summed E-state index contributed by atoms with van der Waals surface area (Å²) < 4.78 is 13.4. The molecule has 0 aliphatic rings. The summed E-state index contributed by atoms with van der Waals surface area (Å²) >= 11 is 0. The first kappa shape index (κ1) is 12.5. The first-order valence-electron chi connectivity index (χ1n) is 5.28. The molecule has 1 rings (SSSR count). The number of nitrogens with one attached hydrogen (secondary N) is 1. The third kappa shape index (κ3) is 3.22. The van der Waals surface area contributed by atoms with Crippen molar-refractivity contribution >= 4 is 11.7 Å². The maximum atomic E-state index is 13.4. The van der Waals surface area contributed by atoms with E-state index in [1.54, 1.807) is 0 Å². The normalized spacial score (nSPS) is 10.5. The summed E-state index contributed by atoms with van der Waals surface area (Å²) in [5.41, 5.74) is 0.0550. The molecule has 2 N–H and O–H groups in total. The van der Waals surface area contributed by atoms with Crippen LogP contribution in [0.25, 0.3) is 0 Å². The maximum absolute atomic E-state index is 13.4. The van der Waals surface area contributed by atoms with Gasteiger partial charge in [-0.25, -0.2) is 9.18 Å². The SMILES string of the molecule is CC(C)CCNc1c(F)cccc1C(=O)O. The second-order valence-electron chi connectivity index (χ2n) is 4.08. The molecule has 0 amide bonds. The van der Waals surface area contributed by atoms with E-state index in [4.69, 9.17) is 5.11 Å². The molecule has 3 nitrogen and oxygen atoms in total. The first-order valence-corrected chi connectivity index (χ1v) is 5.28. The van der Waals surface area contributed by atoms with Crippen molar-refractivity contribution in [2.45, 2.75) is 20.3 Å². The Kier molecular flexibility index (Phi) is 4.28. The minimum atomic E-state index is -1.12. The van der Waals surface area contributed by atoms with Crippen molar-refractivity contribution in [2.24, 2.45) is 5.92 Å². The average molecular weight is 225 g/mol. The van der Waals surface area contributed by atoms with E-state index in [-0.39, 0.29) is 11.3 Å². The van der Waals surface area contributed by atoms with Gasteiger partial charge in [-0.3, -0.25) is 0 Å². The molecule has 0 bridgehead atoms. The number of hydrogen-bond acceptors (Lipinski definition) is 2. The molecule has 0 aliphatic heterocycles. The van der Waals surface area contributed by atoms with Gasteiger partial charge in [0.2, 0.25) is 0 Å². The van der Waals surface area contributed by atoms with Crippen LogP contribution < -0.4 is 5.32 Å². The molecule has 0 atom stereocenters. The van der Waals surface area contributed by atoms with Crippen molar-refractivity contribution in [1.82, 2.24) is 0 Å². The van der Waals surface area contributed by atoms with Crippen molar-refractivity contribution in [3.05, 3.63) is 29.6 Å². The molecule has 0 saturated carbocycles. The van der Waals surface area contributed by atoms with Crippen LogP contribution in [-0.4, -0.2) is 17.6 Å². The molecule has 0 fully saturated rings. The van der Waals surface area contributed by atoms with Gasteiger partial charge in [0, 0.05) is 6.54 Å². The number of aromatic carboxylic acids is 1. The Bertz CT molecular complexity index is 377. The molecule has 0 spiro atoms. The lowest BCUT2D eigenvalue weighted by Gasteiger charge is -2.11. The van der Waals surface area contributed by atoms with Crippen LogP contribution in [0.4, 0.5) is 10.1 Å². The first-order chi connectivity index (χ1) is 7.52. The number of carboxylic acid groups (broad SMARTS) is 1. The van der Waals surface area contributed by atoms with Gasteiger partial charge >= 0.3 is 5.97 Å². The van der Waals surface area contributed by atoms with E-state index in [1.165, 1.54) is 18.2 Å². The van der Waals surface area contributed by atoms with Crippen LogP contribution in [0.5, 0.6) is 0 Å². The number of benzene rings is 1. The lowest BCUT2D eigenvalue weighted by molar-refractivity contribution is 0.0697. The Morgan fingerprint density at radius 2 is 2.19 bits per heavy atom. The van der Waals surface area contributed by atoms with Gasteiger partial charge in [0.05, 0.1) is 11.3 Å². The largest absolute Gasteiger partial charge is 0.478 e. The topological polar surface area (TPSA) is 49.3 Å². The average Bonchev–Trinajstić information content (AvgIpc) is 2.19. The molecule has 0 aromatic heterocycles. The zero-order valence-electron chi connectivity index (χ0n) is 9.46. The van der Waals surface area contributed by atoms with Gasteiger partial charge in [0.15, 0.2) is 0 Å². The minimum absolute atomic E-state index is 0.0243. The van der Waals surface area contributed by atoms with Crippen LogP contribution in [0.3, 0.4) is 0 Å². The molecule has 1 aromatic carbocycles. The van der Waals surface area contributed by atoms with E-state index in [2.05, 4.69) is 19.2 Å². The predicted molar refractivity (Wildman–Crippen MR) is 61.3 cm³/mol. The van der Waals surface area contributed by atoms with Crippen LogP contribution in [0.1, 0.15) is 30.6 Å². The molecular formula is C12H16FNO2. The Balaban J connectivity index is 2.80. The summed E-state index contributed by atoms with van der Waals surface area (Å²) in [6, 6.07) is 4.04. The van der Waals surface area contributed by atoms with Gasteiger partial charge in [0.25, 0.3) is 0 Å². The smallest absolute Gasteiger partial charge is 0.337 e. The molecule has 0 radical (unpaired) electrons. The van der Waals surface area contributed by atoms with E-state index < -0.39 is 11.8 Å². The number of carbonyl (C=O) groups is 1. The number of para-hydroxylation sites is 1. The summed E-state index contributed by atoms with van der Waals surface area (Å²) in [4.78, 5) is 10.9. The van der Waals surface area contributed by atoms with Crippen LogP contribution >= 0.6 is 0 Å².